The summed E-state index contributed by atoms with van der Waals surface area (Å²) in [6, 6.07) is 2.10. The van der Waals surface area contributed by atoms with Gasteiger partial charge < -0.3 is 0 Å². The summed E-state index contributed by atoms with van der Waals surface area (Å²) in [4.78, 5) is 6.44. The first-order chi connectivity index (χ1) is 6.15. The van der Waals surface area contributed by atoms with Crippen molar-refractivity contribution in [2.24, 2.45) is 8.44 Å². The first-order valence-corrected chi connectivity index (χ1v) is 7.12. The SMILES string of the molecule is C[I-]N=Nc1nc(C)c(C)cc1C. The van der Waals surface area contributed by atoms with E-state index in [9.17, 15) is 0 Å². The standard InChI is InChI=1S/C9H13IN3/c1-6-5-7(2)9(11-8(6)3)12-13-10-4/h5H,1-4H3/q-1. The third kappa shape index (κ3) is 2.72. The summed E-state index contributed by atoms with van der Waals surface area (Å²) in [5.41, 5.74) is 3.35. The number of aromatic nitrogens is 1. The molecule has 1 aromatic rings. The molecule has 13 heavy (non-hydrogen) atoms. The summed E-state index contributed by atoms with van der Waals surface area (Å²) in [6.45, 7) is 6.07. The van der Waals surface area contributed by atoms with Gasteiger partial charge in [-0.2, -0.15) is 0 Å². The second-order valence-electron chi connectivity index (χ2n) is 2.88. The van der Waals surface area contributed by atoms with Gasteiger partial charge in [0.2, 0.25) is 0 Å². The van der Waals surface area contributed by atoms with Crippen molar-refractivity contribution >= 4 is 5.82 Å². The summed E-state index contributed by atoms with van der Waals surface area (Å²) >= 11 is -0.131. The molecule has 1 heterocycles. The van der Waals surface area contributed by atoms with Crippen LogP contribution in [0.2, 0.25) is 0 Å². The molecule has 0 aromatic carbocycles. The first-order valence-electron chi connectivity index (χ1n) is 4.00. The van der Waals surface area contributed by atoms with Crippen molar-refractivity contribution in [3.05, 3.63) is 22.9 Å². The summed E-state index contributed by atoms with van der Waals surface area (Å²) in [5.74, 6) is 0.768. The van der Waals surface area contributed by atoms with Crippen LogP contribution >= 0.6 is 0 Å². The van der Waals surface area contributed by atoms with Gasteiger partial charge in [-0.05, 0) is 0 Å². The van der Waals surface area contributed by atoms with E-state index in [-0.39, 0.29) is 21.5 Å². The summed E-state index contributed by atoms with van der Waals surface area (Å²) in [7, 11) is 0. The Hall–Kier alpha value is -0.520. The molecule has 0 saturated carbocycles. The van der Waals surface area contributed by atoms with Gasteiger partial charge in [0.15, 0.2) is 0 Å². The number of halogens is 1. The Morgan fingerprint density at radius 1 is 1.23 bits per heavy atom. The zero-order chi connectivity index (χ0) is 9.84. The molecule has 0 saturated heterocycles. The molecule has 0 aliphatic heterocycles. The monoisotopic (exact) mass is 290 g/mol. The molecule has 4 heteroatoms. The average molecular weight is 290 g/mol. The maximum atomic E-state index is 4.37. The fourth-order valence-corrected chi connectivity index (χ4v) is 1.42. The third-order valence-electron chi connectivity index (χ3n) is 1.84. The average Bonchev–Trinajstić information content (AvgIpc) is 2.09. The van der Waals surface area contributed by atoms with Crippen molar-refractivity contribution in [3.63, 3.8) is 0 Å². The van der Waals surface area contributed by atoms with E-state index in [2.05, 4.69) is 31.3 Å². The van der Waals surface area contributed by atoms with Gasteiger partial charge in [-0.15, -0.1) is 0 Å². The van der Waals surface area contributed by atoms with Crippen LogP contribution in [0.15, 0.2) is 14.5 Å². The van der Waals surface area contributed by atoms with E-state index in [4.69, 9.17) is 0 Å². The molecular weight excluding hydrogens is 277 g/mol. The molecule has 0 aliphatic carbocycles. The van der Waals surface area contributed by atoms with Crippen LogP contribution in [0.4, 0.5) is 5.82 Å². The molecule has 0 spiro atoms. The number of hydrogen-bond donors (Lipinski definition) is 0. The Balaban J connectivity index is 3.08. The summed E-state index contributed by atoms with van der Waals surface area (Å²) in [6.07, 6.45) is 0. The van der Waals surface area contributed by atoms with Crippen LogP contribution in [0.5, 0.6) is 0 Å². The Bertz CT molecular complexity index is 334. The molecule has 0 unspecified atom stereocenters. The van der Waals surface area contributed by atoms with Gasteiger partial charge >= 0.3 is 89.3 Å². The van der Waals surface area contributed by atoms with Crippen molar-refractivity contribution in [1.82, 2.24) is 4.98 Å². The van der Waals surface area contributed by atoms with E-state index in [1.807, 2.05) is 13.8 Å². The molecule has 0 amide bonds. The molecule has 0 bridgehead atoms. The van der Waals surface area contributed by atoms with E-state index in [0.717, 1.165) is 17.1 Å². The second-order valence-corrected chi connectivity index (χ2v) is 4.27. The molecule has 3 nitrogen and oxygen atoms in total. The Labute approximate surface area is 89.3 Å². The quantitative estimate of drug-likeness (QED) is 0.419. The van der Waals surface area contributed by atoms with Crippen molar-refractivity contribution in [1.29, 1.82) is 0 Å². The van der Waals surface area contributed by atoms with E-state index >= 15 is 0 Å². The third-order valence-corrected chi connectivity index (χ3v) is 2.49. The van der Waals surface area contributed by atoms with Crippen LogP contribution in [-0.4, -0.2) is 9.91 Å². The normalized spacial score (nSPS) is 11.4. The fourth-order valence-electron chi connectivity index (χ4n) is 1.00. The molecule has 0 atom stereocenters. The summed E-state index contributed by atoms with van der Waals surface area (Å²) < 4.78 is 4.05. The van der Waals surface area contributed by atoms with Gasteiger partial charge in [-0.1, -0.05) is 0 Å². The Kier molecular flexibility index (Phi) is 3.77. The van der Waals surface area contributed by atoms with Crippen LogP contribution in [0, 0.1) is 20.8 Å². The van der Waals surface area contributed by atoms with Gasteiger partial charge in [-0.3, -0.25) is 0 Å². The van der Waals surface area contributed by atoms with Gasteiger partial charge in [-0.25, -0.2) is 0 Å². The minimum atomic E-state index is -0.131. The van der Waals surface area contributed by atoms with Gasteiger partial charge in [0.05, 0.1) is 0 Å². The van der Waals surface area contributed by atoms with Gasteiger partial charge in [0, 0.05) is 0 Å². The van der Waals surface area contributed by atoms with E-state index < -0.39 is 0 Å². The second kappa shape index (κ2) is 4.64. The van der Waals surface area contributed by atoms with Crippen molar-refractivity contribution in [2.45, 2.75) is 20.8 Å². The van der Waals surface area contributed by atoms with Crippen LogP contribution < -0.4 is 21.5 Å². The topological polar surface area (TPSA) is 37.6 Å². The van der Waals surface area contributed by atoms with Gasteiger partial charge in [0.25, 0.3) is 0 Å². The zero-order valence-corrected chi connectivity index (χ0v) is 10.5. The van der Waals surface area contributed by atoms with E-state index in [1.54, 1.807) is 0 Å². The molecule has 1 rings (SSSR count). The van der Waals surface area contributed by atoms with Crippen molar-refractivity contribution in [2.75, 3.05) is 4.93 Å². The molecular formula is C9H13IN3-. The minimum absolute atomic E-state index is 0.131. The zero-order valence-electron chi connectivity index (χ0n) is 8.30. The van der Waals surface area contributed by atoms with Crippen molar-refractivity contribution in [3.8, 4) is 0 Å². The predicted molar refractivity (Wildman–Crippen MR) is 48.9 cm³/mol. The number of pyridine rings is 1. The van der Waals surface area contributed by atoms with Crippen LogP contribution in [0.25, 0.3) is 0 Å². The first kappa shape index (κ1) is 10.6. The number of hydrogen-bond acceptors (Lipinski definition) is 3. The van der Waals surface area contributed by atoms with Crippen molar-refractivity contribution < 1.29 is 21.5 Å². The molecule has 0 N–H and O–H groups in total. The predicted octanol–water partition coefficient (Wildman–Crippen LogP) is -0.276. The number of rotatable bonds is 2. The molecule has 1 aromatic heterocycles. The van der Waals surface area contributed by atoms with Gasteiger partial charge in [0.1, 0.15) is 0 Å². The Morgan fingerprint density at radius 3 is 2.54 bits per heavy atom. The van der Waals surface area contributed by atoms with Crippen LogP contribution in [0.3, 0.4) is 0 Å². The van der Waals surface area contributed by atoms with Crippen LogP contribution in [-0.2, 0) is 0 Å². The molecule has 72 valence electrons. The maximum absolute atomic E-state index is 4.37. The fraction of sp³-hybridized carbons (Fsp3) is 0.444. The number of nitrogens with zero attached hydrogens (tertiary/aromatic N) is 3. The number of aryl methyl sites for hydroxylation is 3. The van der Waals surface area contributed by atoms with E-state index in [1.165, 1.54) is 5.56 Å². The van der Waals surface area contributed by atoms with Crippen LogP contribution in [0.1, 0.15) is 16.8 Å². The van der Waals surface area contributed by atoms with E-state index in [0.29, 0.717) is 0 Å². The number of alkyl halides is 1. The molecule has 0 fully saturated rings. The molecule has 0 aliphatic rings. The Morgan fingerprint density at radius 2 is 1.92 bits per heavy atom. The summed E-state index contributed by atoms with van der Waals surface area (Å²) in [5, 5.41) is 4.09. The molecule has 0 radical (unpaired) electrons.